The SMILES string of the molecule is CCCc1ccc(Nc2nc(N(C)c3ccc(Br)cc3)ncc2C(F)(F)F)cc1. The molecule has 0 aliphatic carbocycles. The van der Waals surface area contributed by atoms with Gasteiger partial charge in [-0.1, -0.05) is 41.4 Å². The van der Waals surface area contributed by atoms with Crippen molar-refractivity contribution in [3.63, 3.8) is 0 Å². The summed E-state index contributed by atoms with van der Waals surface area (Å²) >= 11 is 3.36. The summed E-state index contributed by atoms with van der Waals surface area (Å²) in [6.45, 7) is 2.08. The molecule has 0 amide bonds. The van der Waals surface area contributed by atoms with Crippen LogP contribution >= 0.6 is 15.9 Å². The summed E-state index contributed by atoms with van der Waals surface area (Å²) in [5.41, 5.74) is 1.50. The van der Waals surface area contributed by atoms with Crippen molar-refractivity contribution in [1.29, 1.82) is 0 Å². The fraction of sp³-hybridized carbons (Fsp3) is 0.238. The number of alkyl halides is 3. The number of anilines is 4. The second-order valence-electron chi connectivity index (χ2n) is 6.54. The van der Waals surface area contributed by atoms with E-state index in [2.05, 4.69) is 38.1 Å². The Morgan fingerprint density at radius 2 is 1.69 bits per heavy atom. The highest BCUT2D eigenvalue weighted by molar-refractivity contribution is 9.10. The van der Waals surface area contributed by atoms with E-state index in [1.807, 2.05) is 36.4 Å². The number of hydrogen-bond donors (Lipinski definition) is 1. The lowest BCUT2D eigenvalue weighted by molar-refractivity contribution is -0.137. The monoisotopic (exact) mass is 464 g/mol. The summed E-state index contributed by atoms with van der Waals surface area (Å²) in [6.07, 6.45) is -1.84. The molecule has 2 aromatic carbocycles. The molecule has 1 heterocycles. The molecule has 29 heavy (non-hydrogen) atoms. The van der Waals surface area contributed by atoms with Crippen LogP contribution in [0.5, 0.6) is 0 Å². The van der Waals surface area contributed by atoms with Crippen molar-refractivity contribution in [2.45, 2.75) is 25.9 Å². The second kappa shape index (κ2) is 8.82. The largest absolute Gasteiger partial charge is 0.421 e. The molecule has 152 valence electrons. The predicted octanol–water partition coefficient (Wildman–Crippen LogP) is 6.72. The number of halogens is 4. The highest BCUT2D eigenvalue weighted by Crippen LogP contribution is 2.36. The molecule has 8 heteroatoms. The lowest BCUT2D eigenvalue weighted by atomic mass is 10.1. The molecule has 1 aromatic heterocycles. The minimum atomic E-state index is -4.57. The summed E-state index contributed by atoms with van der Waals surface area (Å²) in [4.78, 5) is 9.72. The topological polar surface area (TPSA) is 41.1 Å². The van der Waals surface area contributed by atoms with Crippen LogP contribution in [0.15, 0.2) is 59.2 Å². The number of nitrogens with zero attached hydrogens (tertiary/aromatic N) is 3. The minimum Gasteiger partial charge on any atom is -0.340 e. The van der Waals surface area contributed by atoms with E-state index in [0.29, 0.717) is 5.69 Å². The van der Waals surface area contributed by atoms with Gasteiger partial charge in [-0.2, -0.15) is 18.2 Å². The van der Waals surface area contributed by atoms with Gasteiger partial charge in [0, 0.05) is 29.1 Å². The Labute approximate surface area is 175 Å². The fourth-order valence-electron chi connectivity index (χ4n) is 2.80. The Morgan fingerprint density at radius 1 is 1.03 bits per heavy atom. The van der Waals surface area contributed by atoms with Gasteiger partial charge in [0.15, 0.2) is 0 Å². The standard InChI is InChI=1S/C21H20BrF3N4/c1-3-4-14-5-9-16(10-6-14)27-19-18(21(23,24)25)13-26-20(28-19)29(2)17-11-7-15(22)8-12-17/h5-13H,3-4H2,1-2H3,(H,26,27,28). The van der Waals surface area contributed by atoms with E-state index >= 15 is 0 Å². The van der Waals surface area contributed by atoms with Gasteiger partial charge in [-0.25, -0.2) is 4.98 Å². The first-order valence-corrected chi connectivity index (χ1v) is 9.86. The van der Waals surface area contributed by atoms with Crippen molar-refractivity contribution in [3.8, 4) is 0 Å². The van der Waals surface area contributed by atoms with Gasteiger partial charge in [0.1, 0.15) is 11.4 Å². The van der Waals surface area contributed by atoms with Gasteiger partial charge in [0.05, 0.1) is 0 Å². The predicted molar refractivity (Wildman–Crippen MR) is 113 cm³/mol. The Morgan fingerprint density at radius 3 is 2.28 bits per heavy atom. The quantitative estimate of drug-likeness (QED) is 0.439. The Hall–Kier alpha value is -2.61. The van der Waals surface area contributed by atoms with E-state index in [1.54, 1.807) is 24.1 Å². The average molecular weight is 465 g/mol. The molecule has 0 spiro atoms. The zero-order valence-electron chi connectivity index (χ0n) is 16.0. The molecule has 1 N–H and O–H groups in total. The number of rotatable bonds is 6. The first-order chi connectivity index (χ1) is 13.8. The number of hydrogen-bond acceptors (Lipinski definition) is 4. The molecule has 0 unspecified atom stereocenters. The van der Waals surface area contributed by atoms with Gasteiger partial charge >= 0.3 is 6.18 Å². The lowest BCUT2D eigenvalue weighted by Gasteiger charge is -2.20. The Kier molecular flexibility index (Phi) is 6.42. The summed E-state index contributed by atoms with van der Waals surface area (Å²) in [5, 5.41) is 2.80. The number of aromatic nitrogens is 2. The van der Waals surface area contributed by atoms with E-state index < -0.39 is 11.7 Å². The number of nitrogens with one attached hydrogen (secondary N) is 1. The molecule has 4 nitrogen and oxygen atoms in total. The maximum atomic E-state index is 13.5. The van der Waals surface area contributed by atoms with E-state index in [1.165, 1.54) is 0 Å². The molecule has 0 aliphatic rings. The molecule has 0 aliphatic heterocycles. The molecule has 0 atom stereocenters. The molecule has 3 aromatic rings. The maximum Gasteiger partial charge on any atom is 0.421 e. The van der Waals surface area contributed by atoms with Crippen molar-refractivity contribution in [2.24, 2.45) is 0 Å². The van der Waals surface area contributed by atoms with E-state index in [-0.39, 0.29) is 11.8 Å². The van der Waals surface area contributed by atoms with Crippen LogP contribution in [0.3, 0.4) is 0 Å². The third-order valence-electron chi connectivity index (χ3n) is 4.35. The minimum absolute atomic E-state index is 0.158. The van der Waals surface area contributed by atoms with Crippen LogP contribution in [0.25, 0.3) is 0 Å². The van der Waals surface area contributed by atoms with E-state index in [9.17, 15) is 13.2 Å². The Bertz CT molecular complexity index is 957. The molecule has 0 bridgehead atoms. The van der Waals surface area contributed by atoms with Crippen molar-refractivity contribution in [2.75, 3.05) is 17.3 Å². The van der Waals surface area contributed by atoms with Crippen LogP contribution < -0.4 is 10.2 Å². The van der Waals surface area contributed by atoms with E-state index in [0.717, 1.165) is 34.8 Å². The van der Waals surface area contributed by atoms with Gasteiger partial charge < -0.3 is 10.2 Å². The summed E-state index contributed by atoms with van der Waals surface area (Å²) in [6, 6.07) is 14.6. The maximum absolute atomic E-state index is 13.5. The molecular formula is C21H20BrF3N4. The van der Waals surface area contributed by atoms with Crippen LogP contribution in [0, 0.1) is 0 Å². The van der Waals surface area contributed by atoms with Gasteiger partial charge in [-0.15, -0.1) is 0 Å². The van der Waals surface area contributed by atoms with Crippen molar-refractivity contribution >= 4 is 39.1 Å². The van der Waals surface area contributed by atoms with Crippen LogP contribution in [0.1, 0.15) is 24.5 Å². The zero-order chi connectivity index (χ0) is 21.0. The van der Waals surface area contributed by atoms with Gasteiger partial charge in [0.25, 0.3) is 0 Å². The highest BCUT2D eigenvalue weighted by Gasteiger charge is 2.35. The molecule has 0 saturated carbocycles. The average Bonchev–Trinajstić information content (AvgIpc) is 2.69. The lowest BCUT2D eigenvalue weighted by Crippen LogP contribution is -2.17. The van der Waals surface area contributed by atoms with Crippen molar-refractivity contribution in [3.05, 3.63) is 70.3 Å². The van der Waals surface area contributed by atoms with Crippen LogP contribution in [0.4, 0.5) is 36.3 Å². The number of aryl methyl sites for hydroxylation is 1. The van der Waals surface area contributed by atoms with Gasteiger partial charge in [-0.3, -0.25) is 0 Å². The van der Waals surface area contributed by atoms with Crippen molar-refractivity contribution < 1.29 is 13.2 Å². The van der Waals surface area contributed by atoms with Crippen LogP contribution in [0.2, 0.25) is 0 Å². The second-order valence-corrected chi connectivity index (χ2v) is 7.45. The molecular weight excluding hydrogens is 445 g/mol. The van der Waals surface area contributed by atoms with Crippen molar-refractivity contribution in [1.82, 2.24) is 9.97 Å². The highest BCUT2D eigenvalue weighted by atomic mass is 79.9. The smallest absolute Gasteiger partial charge is 0.340 e. The molecule has 0 radical (unpaired) electrons. The van der Waals surface area contributed by atoms with Crippen LogP contribution in [-0.4, -0.2) is 17.0 Å². The summed E-state index contributed by atoms with van der Waals surface area (Å²) < 4.78 is 41.3. The van der Waals surface area contributed by atoms with Gasteiger partial charge in [0.2, 0.25) is 5.95 Å². The third kappa shape index (κ3) is 5.26. The third-order valence-corrected chi connectivity index (χ3v) is 4.88. The van der Waals surface area contributed by atoms with E-state index in [4.69, 9.17) is 0 Å². The van der Waals surface area contributed by atoms with Gasteiger partial charge in [-0.05, 0) is 48.4 Å². The molecule has 0 fully saturated rings. The molecule has 3 rings (SSSR count). The first kappa shape index (κ1) is 21.1. The molecule has 0 saturated heterocycles. The summed E-state index contributed by atoms with van der Waals surface area (Å²) in [7, 11) is 1.70. The van der Waals surface area contributed by atoms with Crippen LogP contribution in [-0.2, 0) is 12.6 Å². The zero-order valence-corrected chi connectivity index (χ0v) is 17.5. The first-order valence-electron chi connectivity index (χ1n) is 9.07. The fourth-order valence-corrected chi connectivity index (χ4v) is 3.06. The normalized spacial score (nSPS) is 11.4. The summed E-state index contributed by atoms with van der Waals surface area (Å²) in [5.74, 6) is -0.125. The number of benzene rings is 2. The Balaban J connectivity index is 1.94.